The number of rotatable bonds is 4. The quantitative estimate of drug-likeness (QED) is 0.650. The SMILES string of the molecule is CC(=O)N[C@@]12CN(C)CC[C@@H]1[C@@H](c1ccccc1)N(C(=O)c1ccnc(-c3cnn(C)c3)c1)C2. The molecule has 3 aromatic rings. The number of carbonyl (C=O) groups is 2. The predicted octanol–water partition coefficient (Wildman–Crippen LogP) is 2.51. The van der Waals surface area contributed by atoms with Gasteiger partial charge in [-0.1, -0.05) is 30.3 Å². The summed E-state index contributed by atoms with van der Waals surface area (Å²) in [6.07, 6.45) is 6.20. The molecule has 34 heavy (non-hydrogen) atoms. The molecular weight excluding hydrogens is 428 g/mol. The van der Waals surface area contributed by atoms with Gasteiger partial charge in [-0.15, -0.1) is 0 Å². The van der Waals surface area contributed by atoms with Gasteiger partial charge in [0.2, 0.25) is 5.91 Å². The van der Waals surface area contributed by atoms with Gasteiger partial charge in [0.1, 0.15) is 0 Å². The molecule has 0 spiro atoms. The molecule has 2 saturated heterocycles. The molecule has 2 aromatic heterocycles. The van der Waals surface area contributed by atoms with Gasteiger partial charge in [0, 0.05) is 56.5 Å². The zero-order chi connectivity index (χ0) is 23.9. The van der Waals surface area contributed by atoms with Crippen LogP contribution in [0.2, 0.25) is 0 Å². The minimum atomic E-state index is -0.492. The molecule has 0 bridgehead atoms. The highest BCUT2D eigenvalue weighted by Gasteiger charge is 2.56. The van der Waals surface area contributed by atoms with E-state index in [-0.39, 0.29) is 23.8 Å². The third-order valence-electron chi connectivity index (χ3n) is 7.09. The Kier molecular flexibility index (Phi) is 5.69. The molecule has 2 fully saturated rings. The molecular formula is C26H30N6O2. The van der Waals surface area contributed by atoms with Crippen LogP contribution >= 0.6 is 0 Å². The summed E-state index contributed by atoms with van der Waals surface area (Å²) < 4.78 is 1.72. The van der Waals surface area contributed by atoms with Gasteiger partial charge in [0.25, 0.3) is 5.91 Å². The monoisotopic (exact) mass is 458 g/mol. The van der Waals surface area contributed by atoms with E-state index in [2.05, 4.69) is 39.5 Å². The zero-order valence-corrected chi connectivity index (χ0v) is 19.8. The van der Waals surface area contributed by atoms with Crippen LogP contribution in [0.4, 0.5) is 0 Å². The maximum absolute atomic E-state index is 14.0. The Morgan fingerprint density at radius 3 is 2.62 bits per heavy atom. The first kappa shape index (κ1) is 22.3. The van der Waals surface area contributed by atoms with Crippen molar-refractivity contribution in [3.8, 4) is 11.3 Å². The first-order valence-corrected chi connectivity index (χ1v) is 11.6. The molecule has 0 radical (unpaired) electrons. The van der Waals surface area contributed by atoms with E-state index in [4.69, 9.17) is 0 Å². The maximum Gasteiger partial charge on any atom is 0.254 e. The van der Waals surface area contributed by atoms with Crippen LogP contribution in [-0.4, -0.2) is 68.6 Å². The number of amides is 2. The summed E-state index contributed by atoms with van der Waals surface area (Å²) in [5.41, 5.74) is 2.76. The highest BCUT2D eigenvalue weighted by Crippen LogP contribution is 2.48. The van der Waals surface area contributed by atoms with Crippen LogP contribution in [0.5, 0.6) is 0 Å². The van der Waals surface area contributed by atoms with Crippen molar-refractivity contribution in [1.29, 1.82) is 0 Å². The van der Waals surface area contributed by atoms with E-state index in [0.717, 1.165) is 24.1 Å². The fourth-order valence-electron chi connectivity index (χ4n) is 5.78. The second kappa shape index (κ2) is 8.68. The minimum Gasteiger partial charge on any atom is -0.347 e. The average molecular weight is 459 g/mol. The summed E-state index contributed by atoms with van der Waals surface area (Å²) in [5, 5.41) is 7.49. The number of aromatic nitrogens is 3. The molecule has 2 aliphatic rings. The van der Waals surface area contributed by atoms with Crippen molar-refractivity contribution < 1.29 is 9.59 Å². The number of fused-ring (bicyclic) bond motifs is 1. The largest absolute Gasteiger partial charge is 0.347 e. The normalized spacial score (nSPS) is 24.6. The van der Waals surface area contributed by atoms with Gasteiger partial charge in [-0.2, -0.15) is 5.10 Å². The lowest BCUT2D eigenvalue weighted by Crippen LogP contribution is -2.63. The molecule has 5 rings (SSSR count). The third-order valence-corrected chi connectivity index (χ3v) is 7.09. The average Bonchev–Trinajstić information content (AvgIpc) is 3.39. The second-order valence-electron chi connectivity index (χ2n) is 9.59. The molecule has 1 N–H and O–H groups in total. The van der Waals surface area contributed by atoms with Crippen molar-refractivity contribution in [2.24, 2.45) is 13.0 Å². The molecule has 2 aliphatic heterocycles. The van der Waals surface area contributed by atoms with Crippen molar-refractivity contribution in [3.05, 3.63) is 72.2 Å². The summed E-state index contributed by atoms with van der Waals surface area (Å²) in [6, 6.07) is 13.7. The molecule has 176 valence electrons. The lowest BCUT2D eigenvalue weighted by Gasteiger charge is -2.44. The Bertz CT molecular complexity index is 1210. The number of nitrogens with zero attached hydrogens (tertiary/aromatic N) is 5. The van der Waals surface area contributed by atoms with Gasteiger partial charge in [0.15, 0.2) is 0 Å². The van der Waals surface area contributed by atoms with Crippen molar-refractivity contribution in [1.82, 2.24) is 29.9 Å². The molecule has 0 unspecified atom stereocenters. The van der Waals surface area contributed by atoms with Crippen LogP contribution in [0.25, 0.3) is 11.3 Å². The topological polar surface area (TPSA) is 83.4 Å². The number of benzene rings is 1. The Hall–Kier alpha value is -3.52. The van der Waals surface area contributed by atoms with E-state index < -0.39 is 5.54 Å². The number of nitrogens with one attached hydrogen (secondary N) is 1. The van der Waals surface area contributed by atoms with Crippen molar-refractivity contribution in [3.63, 3.8) is 0 Å². The summed E-state index contributed by atoms with van der Waals surface area (Å²) in [6.45, 7) is 3.66. The fraction of sp³-hybridized carbons (Fsp3) is 0.385. The van der Waals surface area contributed by atoms with Crippen LogP contribution in [0.3, 0.4) is 0 Å². The number of carbonyl (C=O) groups excluding carboxylic acids is 2. The molecule has 8 nitrogen and oxygen atoms in total. The van der Waals surface area contributed by atoms with E-state index in [1.807, 2.05) is 42.4 Å². The Morgan fingerprint density at radius 2 is 1.91 bits per heavy atom. The number of aryl methyl sites for hydroxylation is 1. The summed E-state index contributed by atoms with van der Waals surface area (Å²) in [7, 11) is 3.93. The van der Waals surface area contributed by atoms with Crippen molar-refractivity contribution >= 4 is 11.8 Å². The molecule has 0 saturated carbocycles. The molecule has 3 atom stereocenters. The van der Waals surface area contributed by atoms with Gasteiger partial charge in [0.05, 0.1) is 23.5 Å². The Labute approximate surface area is 199 Å². The second-order valence-corrected chi connectivity index (χ2v) is 9.59. The number of hydrogen-bond donors (Lipinski definition) is 1. The minimum absolute atomic E-state index is 0.0526. The maximum atomic E-state index is 14.0. The van der Waals surface area contributed by atoms with Crippen LogP contribution in [0.15, 0.2) is 61.1 Å². The van der Waals surface area contributed by atoms with Gasteiger partial charge in [-0.05, 0) is 37.7 Å². The third kappa shape index (κ3) is 3.98. The number of likely N-dealkylation sites (N-methyl/N-ethyl adjacent to an activating group) is 1. The number of pyridine rings is 1. The van der Waals surface area contributed by atoms with Crippen LogP contribution in [0, 0.1) is 5.92 Å². The zero-order valence-electron chi connectivity index (χ0n) is 19.8. The molecule has 8 heteroatoms. The predicted molar refractivity (Wildman–Crippen MR) is 129 cm³/mol. The first-order valence-electron chi connectivity index (χ1n) is 11.6. The van der Waals surface area contributed by atoms with Gasteiger partial charge >= 0.3 is 0 Å². The van der Waals surface area contributed by atoms with Gasteiger partial charge in [-0.3, -0.25) is 19.3 Å². The number of piperidine rings is 1. The highest BCUT2D eigenvalue weighted by atomic mass is 16.2. The van der Waals surface area contributed by atoms with Gasteiger partial charge < -0.3 is 15.1 Å². The highest BCUT2D eigenvalue weighted by molar-refractivity contribution is 5.96. The first-order chi connectivity index (χ1) is 16.4. The van der Waals surface area contributed by atoms with E-state index in [1.54, 1.807) is 30.1 Å². The van der Waals surface area contributed by atoms with Crippen LogP contribution in [-0.2, 0) is 11.8 Å². The van der Waals surface area contributed by atoms with Crippen LogP contribution < -0.4 is 5.32 Å². The van der Waals surface area contributed by atoms with Crippen molar-refractivity contribution in [2.45, 2.75) is 24.9 Å². The summed E-state index contributed by atoms with van der Waals surface area (Å²) in [5.74, 6) is 0.00550. The Morgan fingerprint density at radius 1 is 1.12 bits per heavy atom. The van der Waals surface area contributed by atoms with Crippen LogP contribution in [0.1, 0.15) is 35.3 Å². The lowest BCUT2D eigenvalue weighted by molar-refractivity contribution is -0.122. The van der Waals surface area contributed by atoms with Crippen molar-refractivity contribution in [2.75, 3.05) is 26.7 Å². The smallest absolute Gasteiger partial charge is 0.254 e. The van der Waals surface area contributed by atoms with E-state index >= 15 is 0 Å². The standard InChI is InChI=1S/C26H30N6O2/c1-18(33)29-26-16-30(2)12-10-22(26)24(19-7-5-4-6-8-19)32(17-26)25(34)20-9-11-27-23(13-20)21-14-28-31(3)15-21/h4-9,11,13-15,22,24H,10,12,16-17H2,1-3H3,(H,29,33)/t22-,24-,26-/m1/s1. The molecule has 4 heterocycles. The fourth-order valence-corrected chi connectivity index (χ4v) is 5.78. The summed E-state index contributed by atoms with van der Waals surface area (Å²) in [4.78, 5) is 35.0. The lowest BCUT2D eigenvalue weighted by atomic mass is 9.76. The van der Waals surface area contributed by atoms with E-state index in [1.165, 1.54) is 0 Å². The van der Waals surface area contributed by atoms with E-state index in [0.29, 0.717) is 24.3 Å². The van der Waals surface area contributed by atoms with E-state index in [9.17, 15) is 9.59 Å². The summed E-state index contributed by atoms with van der Waals surface area (Å²) >= 11 is 0. The van der Waals surface area contributed by atoms with Gasteiger partial charge in [-0.25, -0.2) is 0 Å². The Balaban J connectivity index is 1.56. The number of hydrogen-bond acceptors (Lipinski definition) is 5. The molecule has 0 aliphatic carbocycles. The molecule has 1 aromatic carbocycles. The molecule has 2 amide bonds. The number of likely N-dealkylation sites (tertiary alicyclic amines) is 2.